The minimum atomic E-state index is -0.259. The van der Waals surface area contributed by atoms with Gasteiger partial charge in [-0.2, -0.15) is 9.97 Å². The molecule has 22 heavy (non-hydrogen) atoms. The van der Waals surface area contributed by atoms with Gasteiger partial charge in [0.05, 0.1) is 6.10 Å². The number of hydrogen-bond acceptors (Lipinski definition) is 7. The summed E-state index contributed by atoms with van der Waals surface area (Å²) in [6.07, 6.45) is 1.74. The van der Waals surface area contributed by atoms with Gasteiger partial charge in [-0.1, -0.05) is 19.1 Å². The van der Waals surface area contributed by atoms with E-state index in [0.717, 1.165) is 12.8 Å². The lowest BCUT2D eigenvalue weighted by atomic mass is 9.52. The molecule has 8 heteroatoms. The summed E-state index contributed by atoms with van der Waals surface area (Å²) in [7, 11) is 0. The number of nitrogen functional groups attached to an aromatic ring is 2. The summed E-state index contributed by atoms with van der Waals surface area (Å²) in [6, 6.07) is 0. The van der Waals surface area contributed by atoms with Crippen molar-refractivity contribution in [2.75, 3.05) is 11.5 Å². The van der Waals surface area contributed by atoms with E-state index in [2.05, 4.69) is 34.1 Å². The number of aryl methyl sites for hydroxylation is 1. The van der Waals surface area contributed by atoms with Gasteiger partial charge in [0, 0.05) is 6.54 Å². The molecule has 0 unspecified atom stereocenters. The van der Waals surface area contributed by atoms with Crippen molar-refractivity contribution in [1.29, 1.82) is 0 Å². The first kappa shape index (κ1) is 15.0. The van der Waals surface area contributed by atoms with Crippen LogP contribution < -0.4 is 11.5 Å². The van der Waals surface area contributed by atoms with Crippen LogP contribution in [0.1, 0.15) is 33.6 Å². The molecule has 2 aromatic rings. The van der Waals surface area contributed by atoms with E-state index in [4.69, 9.17) is 11.5 Å². The lowest BCUT2D eigenvalue weighted by molar-refractivity contribution is -0.0920. The highest BCUT2D eigenvalue weighted by Gasteiger charge is 2.49. The first-order valence-electron chi connectivity index (χ1n) is 7.61. The fourth-order valence-electron chi connectivity index (χ4n) is 3.69. The number of nitrogens with two attached hydrogens (primary N) is 2. The Hall–Kier alpha value is -1.96. The molecular formula is C14H23N7O. The molecule has 3 rings (SSSR count). The van der Waals surface area contributed by atoms with E-state index in [1.54, 1.807) is 4.68 Å². The SMILES string of the molecule is C[C@@H](O)[C@@H]1C[C@H](CCn2nnc3c(N)nc(N)nc32)C1(C)C. The normalized spacial score (nSPS) is 25.1. The first-order chi connectivity index (χ1) is 10.3. The topological polar surface area (TPSA) is 129 Å². The predicted molar refractivity (Wildman–Crippen MR) is 83.6 cm³/mol. The summed E-state index contributed by atoms with van der Waals surface area (Å²) in [6.45, 7) is 7.01. The van der Waals surface area contributed by atoms with Crippen LogP contribution >= 0.6 is 0 Å². The Balaban J connectivity index is 1.73. The van der Waals surface area contributed by atoms with Crippen LogP contribution in [-0.4, -0.2) is 36.2 Å². The molecule has 1 aliphatic rings. The van der Waals surface area contributed by atoms with Crippen molar-refractivity contribution in [3.8, 4) is 0 Å². The van der Waals surface area contributed by atoms with Crippen LogP contribution in [0.3, 0.4) is 0 Å². The molecule has 1 aliphatic carbocycles. The summed E-state index contributed by atoms with van der Waals surface area (Å²) in [4.78, 5) is 8.07. The van der Waals surface area contributed by atoms with Crippen molar-refractivity contribution in [2.24, 2.45) is 17.3 Å². The van der Waals surface area contributed by atoms with Crippen LogP contribution in [0, 0.1) is 17.3 Å². The third kappa shape index (κ3) is 2.27. The lowest BCUT2D eigenvalue weighted by Crippen LogP contribution is -2.49. The van der Waals surface area contributed by atoms with Gasteiger partial charge in [0.2, 0.25) is 5.95 Å². The highest BCUT2D eigenvalue weighted by Crippen LogP contribution is 2.54. The predicted octanol–water partition coefficient (Wildman–Crippen LogP) is 0.819. The Morgan fingerprint density at radius 1 is 1.36 bits per heavy atom. The fourth-order valence-corrected chi connectivity index (χ4v) is 3.69. The van der Waals surface area contributed by atoms with Crippen LogP contribution in [0.2, 0.25) is 0 Å². The van der Waals surface area contributed by atoms with Crippen molar-refractivity contribution in [1.82, 2.24) is 25.0 Å². The van der Waals surface area contributed by atoms with E-state index >= 15 is 0 Å². The highest BCUT2D eigenvalue weighted by molar-refractivity contribution is 5.81. The van der Waals surface area contributed by atoms with Crippen LogP contribution in [0.15, 0.2) is 0 Å². The summed E-state index contributed by atoms with van der Waals surface area (Å²) in [5.74, 6) is 1.29. The van der Waals surface area contributed by atoms with E-state index in [1.807, 2.05) is 6.92 Å². The van der Waals surface area contributed by atoms with Gasteiger partial charge in [-0.3, -0.25) is 0 Å². The van der Waals surface area contributed by atoms with E-state index < -0.39 is 0 Å². The maximum absolute atomic E-state index is 9.81. The van der Waals surface area contributed by atoms with Gasteiger partial charge in [-0.25, -0.2) is 4.68 Å². The summed E-state index contributed by atoms with van der Waals surface area (Å²) < 4.78 is 1.73. The maximum Gasteiger partial charge on any atom is 0.224 e. The minimum Gasteiger partial charge on any atom is -0.393 e. The molecule has 2 heterocycles. The third-order valence-corrected chi connectivity index (χ3v) is 5.23. The molecule has 1 saturated carbocycles. The first-order valence-corrected chi connectivity index (χ1v) is 7.61. The molecule has 0 aromatic carbocycles. The Bertz CT molecular complexity index is 694. The highest BCUT2D eigenvalue weighted by atomic mass is 16.3. The second-order valence-corrected chi connectivity index (χ2v) is 6.84. The molecule has 0 bridgehead atoms. The van der Waals surface area contributed by atoms with Gasteiger partial charge in [0.15, 0.2) is 17.0 Å². The molecule has 5 N–H and O–H groups in total. The van der Waals surface area contributed by atoms with Crippen molar-refractivity contribution >= 4 is 22.9 Å². The van der Waals surface area contributed by atoms with E-state index in [-0.39, 0.29) is 23.3 Å². The maximum atomic E-state index is 9.81. The summed E-state index contributed by atoms with van der Waals surface area (Å²) in [5.41, 5.74) is 12.6. The van der Waals surface area contributed by atoms with Crippen LogP contribution in [0.5, 0.6) is 0 Å². The Labute approximate surface area is 128 Å². The zero-order valence-corrected chi connectivity index (χ0v) is 13.2. The van der Waals surface area contributed by atoms with Gasteiger partial charge in [-0.05, 0) is 37.0 Å². The average molecular weight is 305 g/mol. The molecule has 3 atom stereocenters. The van der Waals surface area contributed by atoms with Gasteiger partial charge in [0.1, 0.15) is 0 Å². The van der Waals surface area contributed by atoms with Crippen molar-refractivity contribution in [3.05, 3.63) is 0 Å². The minimum absolute atomic E-state index is 0.131. The number of aliphatic hydroxyl groups excluding tert-OH is 1. The largest absolute Gasteiger partial charge is 0.393 e. The quantitative estimate of drug-likeness (QED) is 0.762. The van der Waals surface area contributed by atoms with Gasteiger partial charge >= 0.3 is 0 Å². The number of nitrogens with zero attached hydrogens (tertiary/aromatic N) is 5. The third-order valence-electron chi connectivity index (χ3n) is 5.23. The van der Waals surface area contributed by atoms with Gasteiger partial charge in [-0.15, -0.1) is 5.10 Å². The van der Waals surface area contributed by atoms with Gasteiger partial charge < -0.3 is 16.6 Å². The molecule has 2 aromatic heterocycles. The molecule has 8 nitrogen and oxygen atoms in total. The molecule has 120 valence electrons. The second-order valence-electron chi connectivity index (χ2n) is 6.84. The molecule has 0 saturated heterocycles. The second kappa shape index (κ2) is 5.05. The Kier molecular flexibility index (Phi) is 3.43. The lowest BCUT2D eigenvalue weighted by Gasteiger charge is -2.54. The molecule has 1 fully saturated rings. The van der Waals surface area contributed by atoms with Crippen LogP contribution in [0.25, 0.3) is 11.2 Å². The number of rotatable bonds is 4. The molecule has 0 spiro atoms. The molecular weight excluding hydrogens is 282 g/mol. The average Bonchev–Trinajstić information content (AvgIpc) is 2.80. The van der Waals surface area contributed by atoms with Crippen molar-refractivity contribution in [2.45, 2.75) is 46.3 Å². The number of aromatic nitrogens is 5. The summed E-state index contributed by atoms with van der Waals surface area (Å²) in [5, 5.41) is 17.9. The number of fused-ring (bicyclic) bond motifs is 1. The molecule has 0 amide bonds. The van der Waals surface area contributed by atoms with Crippen molar-refractivity contribution < 1.29 is 5.11 Å². The zero-order chi connectivity index (χ0) is 16.1. The Morgan fingerprint density at radius 3 is 2.73 bits per heavy atom. The van der Waals surface area contributed by atoms with Crippen molar-refractivity contribution in [3.63, 3.8) is 0 Å². The zero-order valence-electron chi connectivity index (χ0n) is 13.2. The smallest absolute Gasteiger partial charge is 0.224 e. The van der Waals surface area contributed by atoms with E-state index in [1.165, 1.54) is 0 Å². The monoisotopic (exact) mass is 305 g/mol. The standard InChI is InChI=1S/C14H23N7O/c1-7(22)9-6-8(14(9,2)3)4-5-21-12-10(19-20-21)11(15)17-13(16)18-12/h7-9,22H,4-6H2,1-3H3,(H4,15,16,17,18)/t7-,8+,9+/m1/s1. The molecule has 0 aliphatic heterocycles. The number of hydrogen-bond donors (Lipinski definition) is 3. The van der Waals surface area contributed by atoms with Gasteiger partial charge in [0.25, 0.3) is 0 Å². The number of anilines is 2. The summed E-state index contributed by atoms with van der Waals surface area (Å²) >= 11 is 0. The molecule has 0 radical (unpaired) electrons. The van der Waals surface area contributed by atoms with Crippen LogP contribution in [0.4, 0.5) is 11.8 Å². The fraction of sp³-hybridized carbons (Fsp3) is 0.714. The number of aliphatic hydroxyl groups is 1. The Morgan fingerprint density at radius 2 is 2.09 bits per heavy atom. The van der Waals surface area contributed by atoms with E-state index in [0.29, 0.717) is 29.5 Å². The van der Waals surface area contributed by atoms with Crippen LogP contribution in [-0.2, 0) is 6.54 Å². The van der Waals surface area contributed by atoms with E-state index in [9.17, 15) is 5.11 Å².